The van der Waals surface area contributed by atoms with Crippen molar-refractivity contribution in [3.63, 3.8) is 0 Å². The lowest BCUT2D eigenvalue weighted by molar-refractivity contribution is 0.107. The van der Waals surface area contributed by atoms with Gasteiger partial charge in [-0.15, -0.1) is 5.10 Å². The third kappa shape index (κ3) is 3.26. The van der Waals surface area contributed by atoms with Crippen molar-refractivity contribution in [2.45, 2.75) is 44.5 Å². The lowest BCUT2D eigenvalue weighted by Crippen LogP contribution is -2.22. The van der Waals surface area contributed by atoms with Crippen LogP contribution in [0.25, 0.3) is 0 Å². The van der Waals surface area contributed by atoms with E-state index in [0.717, 1.165) is 5.16 Å². The van der Waals surface area contributed by atoms with Gasteiger partial charge in [-0.25, -0.2) is 4.68 Å². The molecule has 1 N–H and O–H groups in total. The standard InChI is InChI=1S/C8H16N4OS/c1-6(2)12-7(9-10-11-12)14-5-8(3,4)13/h6,13H,5H2,1-4H3. The Bertz CT molecular complexity index is 292. The van der Waals surface area contributed by atoms with Crippen molar-refractivity contribution in [3.05, 3.63) is 0 Å². The summed E-state index contributed by atoms with van der Waals surface area (Å²) in [5.74, 6) is 0.583. The second-order valence-electron chi connectivity index (χ2n) is 4.10. The first-order valence-electron chi connectivity index (χ1n) is 4.53. The summed E-state index contributed by atoms with van der Waals surface area (Å²) in [4.78, 5) is 0. The molecule has 1 rings (SSSR count). The summed E-state index contributed by atoms with van der Waals surface area (Å²) in [5, 5.41) is 21.7. The van der Waals surface area contributed by atoms with E-state index in [9.17, 15) is 5.11 Å². The smallest absolute Gasteiger partial charge is 0.209 e. The number of aromatic nitrogens is 4. The molecule has 1 aromatic heterocycles. The van der Waals surface area contributed by atoms with Crippen LogP contribution in [0.4, 0.5) is 0 Å². The summed E-state index contributed by atoms with van der Waals surface area (Å²) in [6.07, 6.45) is 0. The Labute approximate surface area is 87.9 Å². The highest BCUT2D eigenvalue weighted by molar-refractivity contribution is 7.99. The van der Waals surface area contributed by atoms with E-state index in [2.05, 4.69) is 15.5 Å². The molecule has 0 fully saturated rings. The Morgan fingerprint density at radius 2 is 2.14 bits per heavy atom. The van der Waals surface area contributed by atoms with Gasteiger partial charge >= 0.3 is 0 Å². The third-order valence-electron chi connectivity index (χ3n) is 1.51. The Balaban J connectivity index is 2.63. The van der Waals surface area contributed by atoms with E-state index in [0.29, 0.717) is 5.75 Å². The van der Waals surface area contributed by atoms with Gasteiger partial charge in [-0.05, 0) is 38.1 Å². The molecule has 0 unspecified atom stereocenters. The van der Waals surface area contributed by atoms with Crippen molar-refractivity contribution in [1.29, 1.82) is 0 Å². The zero-order valence-electron chi connectivity index (χ0n) is 8.93. The number of aliphatic hydroxyl groups is 1. The van der Waals surface area contributed by atoms with Gasteiger partial charge in [-0.2, -0.15) is 0 Å². The Kier molecular flexibility index (Phi) is 3.49. The van der Waals surface area contributed by atoms with Crippen molar-refractivity contribution in [2.75, 3.05) is 5.75 Å². The van der Waals surface area contributed by atoms with E-state index < -0.39 is 5.60 Å². The number of tetrazole rings is 1. The Hall–Kier alpha value is -0.620. The molecule has 0 saturated heterocycles. The molecule has 0 aliphatic carbocycles. The Morgan fingerprint density at radius 1 is 1.50 bits per heavy atom. The van der Waals surface area contributed by atoms with Gasteiger partial charge < -0.3 is 5.11 Å². The molecule has 0 radical (unpaired) electrons. The highest BCUT2D eigenvalue weighted by Gasteiger charge is 2.16. The van der Waals surface area contributed by atoms with Crippen LogP contribution in [-0.2, 0) is 0 Å². The van der Waals surface area contributed by atoms with E-state index in [1.165, 1.54) is 11.8 Å². The molecule has 14 heavy (non-hydrogen) atoms. The summed E-state index contributed by atoms with van der Waals surface area (Å²) in [6, 6.07) is 0.245. The molecule has 0 saturated carbocycles. The first-order valence-corrected chi connectivity index (χ1v) is 5.52. The predicted octanol–water partition coefficient (Wildman–Crippen LogP) is 1.12. The maximum Gasteiger partial charge on any atom is 0.209 e. The highest BCUT2D eigenvalue weighted by atomic mass is 32.2. The van der Waals surface area contributed by atoms with Gasteiger partial charge in [0.2, 0.25) is 5.16 Å². The molecule has 0 aliphatic rings. The molecule has 80 valence electrons. The van der Waals surface area contributed by atoms with Crippen LogP contribution < -0.4 is 0 Å². The SMILES string of the molecule is CC(C)n1nnnc1SCC(C)(C)O. The predicted molar refractivity (Wildman–Crippen MR) is 55.2 cm³/mol. The van der Waals surface area contributed by atoms with E-state index in [1.54, 1.807) is 18.5 Å². The van der Waals surface area contributed by atoms with Crippen LogP contribution in [0.1, 0.15) is 33.7 Å². The topological polar surface area (TPSA) is 63.8 Å². The monoisotopic (exact) mass is 216 g/mol. The lowest BCUT2D eigenvalue weighted by Gasteiger charge is -2.16. The van der Waals surface area contributed by atoms with Gasteiger partial charge in [0, 0.05) is 5.75 Å². The molecular formula is C8H16N4OS. The van der Waals surface area contributed by atoms with E-state index in [4.69, 9.17) is 0 Å². The van der Waals surface area contributed by atoms with E-state index in [1.807, 2.05) is 13.8 Å². The van der Waals surface area contributed by atoms with Gasteiger partial charge in [0.05, 0.1) is 11.6 Å². The van der Waals surface area contributed by atoms with Gasteiger partial charge in [-0.1, -0.05) is 11.8 Å². The number of nitrogens with zero attached hydrogens (tertiary/aromatic N) is 4. The van der Waals surface area contributed by atoms with Gasteiger partial charge in [-0.3, -0.25) is 0 Å². The molecular weight excluding hydrogens is 200 g/mol. The molecule has 0 atom stereocenters. The largest absolute Gasteiger partial charge is 0.390 e. The molecule has 6 heteroatoms. The first kappa shape index (κ1) is 11.5. The van der Waals surface area contributed by atoms with Crippen molar-refractivity contribution >= 4 is 11.8 Å². The second kappa shape index (κ2) is 4.27. The van der Waals surface area contributed by atoms with Crippen molar-refractivity contribution < 1.29 is 5.11 Å². The lowest BCUT2D eigenvalue weighted by atomic mass is 10.2. The zero-order valence-corrected chi connectivity index (χ0v) is 9.75. The van der Waals surface area contributed by atoms with Gasteiger partial charge in [0.1, 0.15) is 0 Å². The average molecular weight is 216 g/mol. The van der Waals surface area contributed by atoms with Crippen LogP contribution in [0, 0.1) is 0 Å². The van der Waals surface area contributed by atoms with Gasteiger partial charge in [0.25, 0.3) is 0 Å². The molecule has 1 aromatic rings. The first-order chi connectivity index (χ1) is 6.40. The number of thioether (sulfide) groups is 1. The number of rotatable bonds is 4. The highest BCUT2D eigenvalue weighted by Crippen LogP contribution is 2.21. The average Bonchev–Trinajstić information content (AvgIpc) is 2.46. The van der Waals surface area contributed by atoms with Crippen molar-refractivity contribution in [2.24, 2.45) is 0 Å². The third-order valence-corrected chi connectivity index (χ3v) is 2.88. The fraction of sp³-hybridized carbons (Fsp3) is 0.875. The maximum absolute atomic E-state index is 9.55. The quantitative estimate of drug-likeness (QED) is 0.764. The zero-order chi connectivity index (χ0) is 10.8. The van der Waals surface area contributed by atoms with Crippen LogP contribution in [0.5, 0.6) is 0 Å². The van der Waals surface area contributed by atoms with Crippen molar-refractivity contribution in [1.82, 2.24) is 20.2 Å². The number of hydrogen-bond donors (Lipinski definition) is 1. The summed E-state index contributed by atoms with van der Waals surface area (Å²) >= 11 is 1.47. The summed E-state index contributed by atoms with van der Waals surface area (Å²) in [5.41, 5.74) is -0.696. The minimum atomic E-state index is -0.696. The molecule has 0 amide bonds. The summed E-state index contributed by atoms with van der Waals surface area (Å²) in [7, 11) is 0. The molecule has 1 heterocycles. The van der Waals surface area contributed by atoms with E-state index >= 15 is 0 Å². The fourth-order valence-electron chi connectivity index (χ4n) is 0.846. The molecule has 0 aliphatic heterocycles. The molecule has 0 bridgehead atoms. The second-order valence-corrected chi connectivity index (χ2v) is 5.04. The maximum atomic E-state index is 9.55. The fourth-order valence-corrected chi connectivity index (χ4v) is 1.80. The van der Waals surface area contributed by atoms with Crippen LogP contribution >= 0.6 is 11.8 Å². The molecule has 5 nitrogen and oxygen atoms in total. The normalized spacial score (nSPS) is 12.4. The minimum absolute atomic E-state index is 0.245. The summed E-state index contributed by atoms with van der Waals surface area (Å²) < 4.78 is 1.75. The van der Waals surface area contributed by atoms with Crippen LogP contribution in [0.2, 0.25) is 0 Å². The van der Waals surface area contributed by atoms with Crippen LogP contribution in [-0.4, -0.2) is 36.7 Å². The summed E-state index contributed by atoms with van der Waals surface area (Å²) in [6.45, 7) is 7.57. The number of hydrogen-bond acceptors (Lipinski definition) is 5. The van der Waals surface area contributed by atoms with Gasteiger partial charge in [0.15, 0.2) is 0 Å². The van der Waals surface area contributed by atoms with E-state index in [-0.39, 0.29) is 6.04 Å². The Morgan fingerprint density at radius 3 is 2.64 bits per heavy atom. The van der Waals surface area contributed by atoms with Crippen LogP contribution in [0.15, 0.2) is 5.16 Å². The molecule has 0 spiro atoms. The molecule has 0 aromatic carbocycles. The minimum Gasteiger partial charge on any atom is -0.390 e. The van der Waals surface area contributed by atoms with Crippen LogP contribution in [0.3, 0.4) is 0 Å². The van der Waals surface area contributed by atoms with Crippen molar-refractivity contribution in [3.8, 4) is 0 Å².